The Labute approximate surface area is 152 Å². The Balaban J connectivity index is 0.000000613. The molecule has 2 aromatic heterocycles. The lowest BCUT2D eigenvalue weighted by molar-refractivity contribution is 0.476. The van der Waals surface area contributed by atoms with E-state index >= 15 is 0 Å². The second-order valence-corrected chi connectivity index (χ2v) is 5.87. The average molecular weight is 341 g/mol. The summed E-state index contributed by atoms with van der Waals surface area (Å²) in [5.74, 6) is 0. The van der Waals surface area contributed by atoms with E-state index in [2.05, 4.69) is 54.9 Å². The molecule has 4 aromatic rings. The van der Waals surface area contributed by atoms with Gasteiger partial charge in [0.05, 0.1) is 11.8 Å². The van der Waals surface area contributed by atoms with Gasteiger partial charge in [-0.1, -0.05) is 42.5 Å². The molecule has 0 unspecified atom stereocenters. The number of aromatic nitrogens is 2. The highest BCUT2D eigenvalue weighted by Gasteiger charge is 2.13. The third kappa shape index (κ3) is 3.24. The molecule has 2 aromatic carbocycles. The molecule has 0 amide bonds. The highest BCUT2D eigenvalue weighted by atomic mass is 16.2. The molecule has 0 saturated carbocycles. The average Bonchev–Trinajstić information content (AvgIpc) is 3.26. The van der Waals surface area contributed by atoms with E-state index in [1.807, 2.05) is 41.4 Å². The Hall–Kier alpha value is -3.71. The minimum atomic E-state index is 0.676. The van der Waals surface area contributed by atoms with Gasteiger partial charge in [0, 0.05) is 46.3 Å². The summed E-state index contributed by atoms with van der Waals surface area (Å²) in [6.45, 7) is 4.98. The number of hydrogen-bond acceptors (Lipinski definition) is 2. The molecule has 0 spiro atoms. The zero-order valence-corrected chi connectivity index (χ0v) is 14.5. The topological polar surface area (TPSA) is 64.7 Å². The van der Waals surface area contributed by atoms with Gasteiger partial charge in [-0.25, -0.2) is 0 Å². The van der Waals surface area contributed by atoms with Crippen LogP contribution in [0.25, 0.3) is 27.7 Å². The van der Waals surface area contributed by atoms with Gasteiger partial charge in [0.1, 0.15) is 6.07 Å². The second kappa shape index (κ2) is 7.45. The number of hydrogen-bond donors (Lipinski definition) is 2. The van der Waals surface area contributed by atoms with Crippen LogP contribution >= 0.6 is 0 Å². The maximum absolute atomic E-state index is 9.52. The van der Waals surface area contributed by atoms with Crippen molar-refractivity contribution in [3.63, 3.8) is 0 Å². The first-order valence-electron chi connectivity index (χ1n) is 8.18. The summed E-state index contributed by atoms with van der Waals surface area (Å²) < 4.78 is 2.01. The van der Waals surface area contributed by atoms with Crippen LogP contribution in [0.2, 0.25) is 0 Å². The molecule has 0 radical (unpaired) electrons. The van der Waals surface area contributed by atoms with Gasteiger partial charge >= 0.3 is 0 Å². The van der Waals surface area contributed by atoms with Crippen LogP contribution in [-0.2, 0) is 0 Å². The first-order valence-corrected chi connectivity index (χ1v) is 8.18. The molecule has 0 aliphatic rings. The van der Waals surface area contributed by atoms with Crippen molar-refractivity contribution in [3.8, 4) is 22.9 Å². The summed E-state index contributed by atoms with van der Waals surface area (Å²) >= 11 is 0. The van der Waals surface area contributed by atoms with Crippen molar-refractivity contribution in [2.75, 3.05) is 0 Å². The Morgan fingerprint density at radius 1 is 1.08 bits per heavy atom. The molecule has 0 bridgehead atoms. The number of H-pyrrole nitrogens is 1. The summed E-state index contributed by atoms with van der Waals surface area (Å²) in [6.07, 6.45) is 6.64. The maximum Gasteiger partial charge on any atom is 0.101 e. The maximum atomic E-state index is 9.52. The van der Waals surface area contributed by atoms with E-state index < -0.39 is 0 Å². The van der Waals surface area contributed by atoms with E-state index in [0.29, 0.717) is 5.56 Å². The monoisotopic (exact) mass is 341 g/mol. The lowest BCUT2D eigenvalue weighted by Gasteiger charge is -2.02. The second-order valence-electron chi connectivity index (χ2n) is 5.87. The number of para-hydroxylation sites is 1. The molecule has 0 fully saturated rings. The van der Waals surface area contributed by atoms with Gasteiger partial charge in [0.15, 0.2) is 0 Å². The number of benzene rings is 2. The van der Waals surface area contributed by atoms with Crippen molar-refractivity contribution in [2.24, 2.45) is 0 Å². The van der Waals surface area contributed by atoms with Gasteiger partial charge in [0.2, 0.25) is 0 Å². The molecule has 2 N–H and O–H groups in total. The molecule has 26 heavy (non-hydrogen) atoms. The van der Waals surface area contributed by atoms with Crippen LogP contribution in [0.15, 0.2) is 80.0 Å². The summed E-state index contributed by atoms with van der Waals surface area (Å²) in [5, 5.41) is 18.0. The van der Waals surface area contributed by atoms with Crippen molar-refractivity contribution in [1.82, 2.24) is 9.55 Å². The zero-order valence-electron chi connectivity index (χ0n) is 14.5. The van der Waals surface area contributed by atoms with Crippen molar-refractivity contribution in [2.45, 2.75) is 6.92 Å². The zero-order chi connectivity index (χ0) is 18.5. The normalized spacial score (nSPS) is 10.0. The van der Waals surface area contributed by atoms with E-state index in [1.54, 1.807) is 0 Å². The fourth-order valence-electron chi connectivity index (χ4n) is 2.92. The van der Waals surface area contributed by atoms with Gasteiger partial charge in [0.25, 0.3) is 0 Å². The minimum Gasteiger partial charge on any atom is -0.516 e. The van der Waals surface area contributed by atoms with E-state index in [9.17, 15) is 5.26 Å². The Kier molecular flexibility index (Phi) is 4.91. The lowest BCUT2D eigenvalue weighted by Crippen LogP contribution is -1.89. The van der Waals surface area contributed by atoms with Gasteiger partial charge in [-0.15, -0.1) is 0 Å². The third-order valence-corrected chi connectivity index (χ3v) is 4.16. The molecular formula is C22H19N3O. The number of nitriles is 1. The van der Waals surface area contributed by atoms with Crippen molar-refractivity contribution >= 4 is 10.9 Å². The number of nitrogens with zero attached hydrogens (tertiary/aromatic N) is 2. The van der Waals surface area contributed by atoms with E-state index in [1.165, 1.54) is 5.56 Å². The predicted octanol–water partition coefficient (Wildman–Crippen LogP) is 5.49. The summed E-state index contributed by atoms with van der Waals surface area (Å²) in [6, 6.07) is 18.7. The van der Waals surface area contributed by atoms with Crippen LogP contribution < -0.4 is 0 Å². The molecule has 4 heteroatoms. The Morgan fingerprint density at radius 3 is 2.46 bits per heavy atom. The van der Waals surface area contributed by atoms with Crippen molar-refractivity contribution in [1.29, 1.82) is 5.26 Å². The molecule has 0 saturated heterocycles. The molecule has 4 rings (SSSR count). The quantitative estimate of drug-likeness (QED) is 0.473. The number of nitrogens with one attached hydrogen (secondary N) is 1. The molecule has 4 nitrogen and oxygen atoms in total. The van der Waals surface area contributed by atoms with Crippen LogP contribution in [0.5, 0.6) is 0 Å². The highest BCUT2D eigenvalue weighted by Crippen LogP contribution is 2.32. The number of aliphatic hydroxyl groups is 1. The van der Waals surface area contributed by atoms with Gasteiger partial charge in [-0.2, -0.15) is 5.26 Å². The minimum absolute atomic E-state index is 0.676. The van der Waals surface area contributed by atoms with E-state index in [-0.39, 0.29) is 0 Å². The first-order chi connectivity index (χ1) is 12.7. The summed E-state index contributed by atoms with van der Waals surface area (Å²) in [4.78, 5) is 3.28. The van der Waals surface area contributed by atoms with Gasteiger partial charge in [-0.05, 0) is 25.1 Å². The number of aromatic amines is 1. The Morgan fingerprint density at radius 2 is 1.77 bits per heavy atom. The fourth-order valence-corrected chi connectivity index (χ4v) is 2.92. The number of aryl methyl sites for hydroxylation is 1. The van der Waals surface area contributed by atoms with Crippen LogP contribution in [0.3, 0.4) is 0 Å². The van der Waals surface area contributed by atoms with Crippen LogP contribution in [0.1, 0.15) is 11.1 Å². The summed E-state index contributed by atoms with van der Waals surface area (Å²) in [7, 11) is 0. The fraction of sp³-hybridized carbons (Fsp3) is 0.0455. The third-order valence-electron chi connectivity index (χ3n) is 4.16. The van der Waals surface area contributed by atoms with Crippen LogP contribution in [0.4, 0.5) is 0 Å². The first kappa shape index (κ1) is 17.1. The highest BCUT2D eigenvalue weighted by molar-refractivity contribution is 5.96. The number of aliphatic hydroxyl groups excluding tert-OH is 1. The van der Waals surface area contributed by atoms with E-state index in [4.69, 9.17) is 5.11 Å². The smallest absolute Gasteiger partial charge is 0.101 e. The SMILES string of the molecule is C=CO.Cc1ccc(-n2cc(C#N)c(-c3c[nH]c4ccccc34)c2)cc1. The molecule has 2 heterocycles. The lowest BCUT2D eigenvalue weighted by atomic mass is 10.0. The molecule has 0 atom stereocenters. The molecule has 0 aliphatic carbocycles. The van der Waals surface area contributed by atoms with E-state index in [0.717, 1.165) is 34.0 Å². The Bertz CT molecular complexity index is 1080. The number of rotatable bonds is 2. The summed E-state index contributed by atoms with van der Waals surface area (Å²) in [5.41, 5.74) is 6.04. The van der Waals surface area contributed by atoms with Crippen molar-refractivity contribution < 1.29 is 5.11 Å². The molecular weight excluding hydrogens is 322 g/mol. The van der Waals surface area contributed by atoms with Gasteiger partial charge in [-0.3, -0.25) is 0 Å². The van der Waals surface area contributed by atoms with Gasteiger partial charge < -0.3 is 14.7 Å². The molecule has 0 aliphatic heterocycles. The van der Waals surface area contributed by atoms with Crippen molar-refractivity contribution in [3.05, 3.63) is 91.1 Å². The molecule has 128 valence electrons. The van der Waals surface area contributed by atoms with Crippen LogP contribution in [0, 0.1) is 18.3 Å². The van der Waals surface area contributed by atoms with Crippen LogP contribution in [-0.4, -0.2) is 14.7 Å². The predicted molar refractivity (Wildman–Crippen MR) is 105 cm³/mol. The number of fused-ring (bicyclic) bond motifs is 1. The standard InChI is InChI=1S/C20H15N3.C2H4O/c1-14-6-8-16(9-7-14)23-12-15(10-21)19(13-23)18-11-22-20-5-3-2-4-17(18)20;1-2-3/h2-9,11-13,22H,1H3;2-3H,1H2. The largest absolute Gasteiger partial charge is 0.516 e.